The number of hydrogen-bond donors (Lipinski definition) is 2. The Kier molecular flexibility index (Phi) is 2.81. The van der Waals surface area contributed by atoms with Crippen LogP contribution in [-0.4, -0.2) is 24.1 Å². The molecule has 16 heavy (non-hydrogen) atoms. The summed E-state index contributed by atoms with van der Waals surface area (Å²) < 4.78 is 0. The third-order valence-corrected chi connectivity index (χ3v) is 2.35. The monoisotopic (exact) mass is 216 g/mol. The van der Waals surface area contributed by atoms with Crippen molar-refractivity contribution in [2.45, 2.75) is 6.92 Å². The number of nitrogens with one attached hydrogen (secondary N) is 2. The van der Waals surface area contributed by atoms with Crippen LogP contribution in [0.25, 0.3) is 0 Å². The van der Waals surface area contributed by atoms with Crippen molar-refractivity contribution >= 4 is 17.3 Å². The molecule has 0 amide bonds. The number of aryl methyl sites for hydroxylation is 1. The number of benzene rings is 1. The molecule has 2 N–H and O–H groups in total. The van der Waals surface area contributed by atoms with E-state index in [4.69, 9.17) is 0 Å². The molecule has 4 heteroatoms. The average molecular weight is 216 g/mol. The molecule has 84 valence electrons. The van der Waals surface area contributed by atoms with Gasteiger partial charge in [0, 0.05) is 37.4 Å². The molecule has 0 radical (unpaired) electrons. The lowest BCUT2D eigenvalue weighted by molar-refractivity contribution is 1.13. The van der Waals surface area contributed by atoms with E-state index in [1.54, 1.807) is 6.20 Å². The van der Waals surface area contributed by atoms with E-state index in [9.17, 15) is 0 Å². The standard InChI is InChI=1S/C12H16N4/c1-9-8-13-12(14-9)15-10-4-6-11(7-5-10)16(2)3/h4-8H,1-3H3,(H2,13,14,15). The van der Waals surface area contributed by atoms with Crippen molar-refractivity contribution in [1.82, 2.24) is 9.97 Å². The number of H-pyrrole nitrogens is 1. The average Bonchev–Trinajstić information content (AvgIpc) is 2.65. The van der Waals surface area contributed by atoms with Crippen molar-refractivity contribution in [1.29, 1.82) is 0 Å². The van der Waals surface area contributed by atoms with Crippen LogP contribution in [0.3, 0.4) is 0 Å². The van der Waals surface area contributed by atoms with Crippen LogP contribution in [0.1, 0.15) is 5.69 Å². The van der Waals surface area contributed by atoms with E-state index in [1.807, 2.05) is 33.2 Å². The van der Waals surface area contributed by atoms with Crippen molar-refractivity contribution in [3.05, 3.63) is 36.2 Å². The molecule has 0 spiro atoms. The largest absolute Gasteiger partial charge is 0.378 e. The van der Waals surface area contributed by atoms with Gasteiger partial charge in [0.2, 0.25) is 5.95 Å². The van der Waals surface area contributed by atoms with Gasteiger partial charge in [0.15, 0.2) is 0 Å². The molecule has 0 saturated carbocycles. The van der Waals surface area contributed by atoms with Crippen molar-refractivity contribution in [2.24, 2.45) is 0 Å². The lowest BCUT2D eigenvalue weighted by atomic mass is 10.2. The van der Waals surface area contributed by atoms with Crippen LogP contribution in [0.5, 0.6) is 0 Å². The Morgan fingerprint density at radius 3 is 2.38 bits per heavy atom. The summed E-state index contributed by atoms with van der Waals surface area (Å²) >= 11 is 0. The van der Waals surface area contributed by atoms with Crippen molar-refractivity contribution < 1.29 is 0 Å². The predicted octanol–water partition coefficient (Wildman–Crippen LogP) is 2.53. The van der Waals surface area contributed by atoms with Gasteiger partial charge in [-0.15, -0.1) is 0 Å². The Morgan fingerprint density at radius 1 is 1.19 bits per heavy atom. The molecule has 1 aromatic carbocycles. The van der Waals surface area contributed by atoms with Crippen LogP contribution in [0.2, 0.25) is 0 Å². The van der Waals surface area contributed by atoms with E-state index in [-0.39, 0.29) is 0 Å². The van der Waals surface area contributed by atoms with Crippen molar-refractivity contribution in [3.63, 3.8) is 0 Å². The Bertz CT molecular complexity index is 456. The Morgan fingerprint density at radius 2 is 1.88 bits per heavy atom. The Labute approximate surface area is 95.3 Å². The van der Waals surface area contributed by atoms with E-state index in [0.29, 0.717) is 0 Å². The number of nitrogens with zero attached hydrogens (tertiary/aromatic N) is 2. The van der Waals surface area contributed by atoms with Crippen LogP contribution in [-0.2, 0) is 0 Å². The lowest BCUT2D eigenvalue weighted by Crippen LogP contribution is -2.08. The lowest BCUT2D eigenvalue weighted by Gasteiger charge is -2.12. The summed E-state index contributed by atoms with van der Waals surface area (Å²) in [5.41, 5.74) is 3.26. The molecule has 2 aromatic rings. The first-order valence-corrected chi connectivity index (χ1v) is 5.21. The smallest absolute Gasteiger partial charge is 0.204 e. The summed E-state index contributed by atoms with van der Waals surface area (Å²) in [5.74, 6) is 0.773. The number of anilines is 3. The van der Waals surface area contributed by atoms with Gasteiger partial charge >= 0.3 is 0 Å². The third-order valence-electron chi connectivity index (χ3n) is 2.35. The molecule has 0 aliphatic carbocycles. The molecular formula is C12H16N4. The predicted molar refractivity (Wildman–Crippen MR) is 67.4 cm³/mol. The highest BCUT2D eigenvalue weighted by Crippen LogP contribution is 2.18. The van der Waals surface area contributed by atoms with E-state index in [0.717, 1.165) is 17.3 Å². The van der Waals surface area contributed by atoms with Gasteiger partial charge in [0.05, 0.1) is 0 Å². The summed E-state index contributed by atoms with van der Waals surface area (Å²) in [7, 11) is 4.05. The number of aromatic nitrogens is 2. The normalized spacial score (nSPS) is 10.2. The first-order chi connectivity index (χ1) is 7.65. The fourth-order valence-electron chi connectivity index (χ4n) is 1.46. The molecule has 1 heterocycles. The Hall–Kier alpha value is -1.97. The topological polar surface area (TPSA) is 44.0 Å². The second kappa shape index (κ2) is 4.26. The zero-order chi connectivity index (χ0) is 11.5. The number of imidazole rings is 1. The van der Waals surface area contributed by atoms with Crippen LogP contribution in [0.4, 0.5) is 17.3 Å². The minimum atomic E-state index is 0.773. The van der Waals surface area contributed by atoms with Crippen LogP contribution in [0.15, 0.2) is 30.5 Å². The highest BCUT2D eigenvalue weighted by Gasteiger charge is 1.99. The zero-order valence-electron chi connectivity index (χ0n) is 9.78. The quantitative estimate of drug-likeness (QED) is 0.828. The molecule has 2 rings (SSSR count). The molecule has 0 fully saturated rings. The molecule has 1 aromatic heterocycles. The fourth-order valence-corrected chi connectivity index (χ4v) is 1.46. The van der Waals surface area contributed by atoms with Crippen LogP contribution < -0.4 is 10.2 Å². The van der Waals surface area contributed by atoms with Crippen molar-refractivity contribution in [3.8, 4) is 0 Å². The molecule has 0 unspecified atom stereocenters. The summed E-state index contributed by atoms with van der Waals surface area (Å²) in [5, 5.41) is 3.21. The van der Waals surface area contributed by atoms with Gasteiger partial charge in [-0.2, -0.15) is 0 Å². The van der Waals surface area contributed by atoms with Crippen LogP contribution >= 0.6 is 0 Å². The third kappa shape index (κ3) is 2.34. The highest BCUT2D eigenvalue weighted by molar-refractivity contribution is 5.58. The summed E-state index contributed by atoms with van der Waals surface area (Å²) in [4.78, 5) is 9.39. The van der Waals surface area contributed by atoms with E-state index >= 15 is 0 Å². The van der Waals surface area contributed by atoms with E-state index in [1.165, 1.54) is 5.69 Å². The maximum atomic E-state index is 4.19. The second-order valence-electron chi connectivity index (χ2n) is 3.98. The highest BCUT2D eigenvalue weighted by atomic mass is 15.1. The van der Waals surface area contributed by atoms with Gasteiger partial charge in [-0.1, -0.05) is 0 Å². The maximum Gasteiger partial charge on any atom is 0.204 e. The zero-order valence-corrected chi connectivity index (χ0v) is 9.78. The molecule has 0 aliphatic heterocycles. The second-order valence-corrected chi connectivity index (χ2v) is 3.98. The van der Waals surface area contributed by atoms with Gasteiger partial charge in [0.1, 0.15) is 0 Å². The minimum Gasteiger partial charge on any atom is -0.378 e. The van der Waals surface area contributed by atoms with Gasteiger partial charge < -0.3 is 15.2 Å². The van der Waals surface area contributed by atoms with E-state index in [2.05, 4.69) is 32.3 Å². The van der Waals surface area contributed by atoms with Crippen molar-refractivity contribution in [2.75, 3.05) is 24.3 Å². The number of rotatable bonds is 3. The number of aromatic amines is 1. The SMILES string of the molecule is Cc1cnc(Nc2ccc(N(C)C)cc2)[nH]1. The summed E-state index contributed by atoms with van der Waals surface area (Å²) in [6, 6.07) is 8.20. The van der Waals surface area contributed by atoms with Gasteiger partial charge in [-0.25, -0.2) is 4.98 Å². The summed E-state index contributed by atoms with van der Waals surface area (Å²) in [6.07, 6.45) is 1.80. The van der Waals surface area contributed by atoms with E-state index < -0.39 is 0 Å². The first-order valence-electron chi connectivity index (χ1n) is 5.21. The molecule has 0 atom stereocenters. The van der Waals surface area contributed by atoms with Gasteiger partial charge in [-0.3, -0.25) is 0 Å². The number of hydrogen-bond acceptors (Lipinski definition) is 3. The van der Waals surface area contributed by atoms with Crippen LogP contribution in [0, 0.1) is 6.92 Å². The molecule has 0 bridgehead atoms. The van der Waals surface area contributed by atoms with Gasteiger partial charge in [-0.05, 0) is 31.2 Å². The molecule has 0 aliphatic rings. The minimum absolute atomic E-state index is 0.773. The first kappa shape index (κ1) is 10.5. The van der Waals surface area contributed by atoms with Gasteiger partial charge in [0.25, 0.3) is 0 Å². The fraction of sp³-hybridized carbons (Fsp3) is 0.250. The molecule has 4 nitrogen and oxygen atoms in total. The molecular weight excluding hydrogens is 200 g/mol. The maximum absolute atomic E-state index is 4.19. The summed E-state index contributed by atoms with van der Waals surface area (Å²) in [6.45, 7) is 1.98. The molecule has 0 saturated heterocycles. The Balaban J connectivity index is 2.11.